The number of nitrogens with one attached hydrogen (secondary N) is 3. The van der Waals surface area contributed by atoms with Crippen molar-refractivity contribution in [1.82, 2.24) is 26.6 Å². The maximum atomic E-state index is 13.5. The summed E-state index contributed by atoms with van der Waals surface area (Å²) in [5, 5.41) is 11.7. The number of hydrogen-bond acceptors (Lipinski definition) is 9. The number of amides is 1. The van der Waals surface area contributed by atoms with Gasteiger partial charge in [0.1, 0.15) is 18.8 Å². The molecule has 196 valence electrons. The highest BCUT2D eigenvalue weighted by atomic mass is 19.2. The fourth-order valence-electron chi connectivity index (χ4n) is 4.00. The SMILES string of the molecule is CCC(OC)C(C(O)C(OC1OC(CN(C)F)CC[C@@H]1NF)C(C)NF)N(C)C(=O)CNF. The lowest BCUT2D eigenvalue weighted by molar-refractivity contribution is -0.261. The van der Waals surface area contributed by atoms with Gasteiger partial charge in [-0.1, -0.05) is 6.92 Å². The minimum absolute atomic E-state index is 0.0965. The smallest absolute Gasteiger partial charge is 0.239 e. The Morgan fingerprint density at radius 1 is 1.27 bits per heavy atom. The molecule has 1 heterocycles. The van der Waals surface area contributed by atoms with Crippen LogP contribution in [-0.4, -0.2) is 104 Å². The average molecular weight is 492 g/mol. The van der Waals surface area contributed by atoms with Gasteiger partial charge in [-0.2, -0.15) is 11.1 Å². The van der Waals surface area contributed by atoms with E-state index < -0.39 is 61.3 Å². The van der Waals surface area contributed by atoms with E-state index in [2.05, 4.69) is 0 Å². The second-order valence-electron chi connectivity index (χ2n) is 8.18. The molecular formula is C19H37F4N5O5. The van der Waals surface area contributed by atoms with Gasteiger partial charge in [-0.25, -0.2) is 0 Å². The quantitative estimate of drug-likeness (QED) is 0.192. The molecular weight excluding hydrogens is 454 g/mol. The second-order valence-corrected chi connectivity index (χ2v) is 8.18. The third-order valence-corrected chi connectivity index (χ3v) is 5.84. The van der Waals surface area contributed by atoms with Crippen LogP contribution < -0.4 is 16.6 Å². The van der Waals surface area contributed by atoms with Crippen LogP contribution in [0.5, 0.6) is 0 Å². The number of methoxy groups -OCH3 is 1. The number of likely N-dealkylation sites (N-methyl/N-ethyl adjacent to an activating group) is 2. The Bertz CT molecular complexity index is 567. The Labute approximate surface area is 191 Å². The molecule has 1 fully saturated rings. The van der Waals surface area contributed by atoms with Gasteiger partial charge >= 0.3 is 0 Å². The van der Waals surface area contributed by atoms with E-state index in [0.717, 1.165) is 4.90 Å². The summed E-state index contributed by atoms with van der Waals surface area (Å²) in [4.78, 5) is 13.4. The topological polar surface area (TPSA) is 108 Å². The van der Waals surface area contributed by atoms with E-state index in [1.165, 1.54) is 39.2 Å². The zero-order chi connectivity index (χ0) is 25.1. The summed E-state index contributed by atoms with van der Waals surface area (Å²) in [5.41, 5.74) is 4.32. The first-order valence-electron chi connectivity index (χ1n) is 10.8. The first-order valence-corrected chi connectivity index (χ1v) is 10.8. The first kappa shape index (κ1) is 29.9. The van der Waals surface area contributed by atoms with E-state index in [4.69, 9.17) is 14.2 Å². The normalized spacial score (nSPS) is 26.0. The zero-order valence-corrected chi connectivity index (χ0v) is 19.6. The Balaban J connectivity index is 3.21. The molecule has 7 unspecified atom stereocenters. The molecule has 1 amide bonds. The maximum absolute atomic E-state index is 13.5. The molecule has 0 aromatic heterocycles. The third-order valence-electron chi connectivity index (χ3n) is 5.84. The van der Waals surface area contributed by atoms with Crippen LogP contribution in [0.1, 0.15) is 33.1 Å². The summed E-state index contributed by atoms with van der Waals surface area (Å²) in [5.74, 6) is -0.695. The predicted molar refractivity (Wildman–Crippen MR) is 111 cm³/mol. The van der Waals surface area contributed by atoms with Crippen molar-refractivity contribution in [3.8, 4) is 0 Å². The highest BCUT2D eigenvalue weighted by Crippen LogP contribution is 2.27. The van der Waals surface area contributed by atoms with Crippen LogP contribution in [0.4, 0.5) is 17.9 Å². The maximum Gasteiger partial charge on any atom is 0.239 e. The Morgan fingerprint density at radius 2 is 1.94 bits per heavy atom. The fourth-order valence-corrected chi connectivity index (χ4v) is 4.00. The molecule has 0 aromatic rings. The molecule has 1 aliphatic heterocycles. The van der Waals surface area contributed by atoms with Gasteiger partial charge in [-0.05, 0) is 26.2 Å². The van der Waals surface area contributed by atoms with E-state index >= 15 is 0 Å². The second kappa shape index (κ2) is 15.0. The number of carbonyl (C=O) groups is 1. The number of aliphatic hydroxyl groups excluding tert-OH is 1. The molecule has 14 heteroatoms. The fraction of sp³-hybridized carbons (Fsp3) is 0.947. The van der Waals surface area contributed by atoms with Gasteiger partial charge in [0.25, 0.3) is 0 Å². The van der Waals surface area contributed by atoms with Crippen LogP contribution >= 0.6 is 0 Å². The van der Waals surface area contributed by atoms with Gasteiger partial charge in [0.05, 0.1) is 36.9 Å². The molecule has 0 radical (unpaired) electrons. The van der Waals surface area contributed by atoms with E-state index in [1.807, 2.05) is 0 Å². The van der Waals surface area contributed by atoms with Gasteiger partial charge in [0.15, 0.2) is 6.29 Å². The first-order chi connectivity index (χ1) is 15.6. The lowest BCUT2D eigenvalue weighted by atomic mass is 9.93. The van der Waals surface area contributed by atoms with E-state index in [1.54, 1.807) is 12.5 Å². The van der Waals surface area contributed by atoms with Crippen LogP contribution in [-0.2, 0) is 19.0 Å². The van der Waals surface area contributed by atoms with Crippen molar-refractivity contribution in [3.05, 3.63) is 0 Å². The van der Waals surface area contributed by atoms with Crippen LogP contribution in [0.2, 0.25) is 0 Å². The Morgan fingerprint density at radius 3 is 2.42 bits per heavy atom. The average Bonchev–Trinajstić information content (AvgIpc) is 2.79. The molecule has 33 heavy (non-hydrogen) atoms. The van der Waals surface area contributed by atoms with Crippen molar-refractivity contribution in [2.24, 2.45) is 0 Å². The van der Waals surface area contributed by atoms with Crippen LogP contribution in [0.15, 0.2) is 0 Å². The number of hydrogen-bond donors (Lipinski definition) is 4. The molecule has 8 atom stereocenters. The highest BCUT2D eigenvalue weighted by Gasteiger charge is 2.44. The summed E-state index contributed by atoms with van der Waals surface area (Å²) >= 11 is 0. The van der Waals surface area contributed by atoms with Crippen molar-refractivity contribution in [3.63, 3.8) is 0 Å². The molecule has 0 bridgehead atoms. The number of nitrogens with zero attached hydrogens (tertiary/aromatic N) is 2. The van der Waals surface area contributed by atoms with Crippen molar-refractivity contribution in [2.75, 3.05) is 34.3 Å². The van der Waals surface area contributed by atoms with Gasteiger partial charge in [-0.3, -0.25) is 4.79 Å². The standard InChI is InChI=1S/C19H37F4N5O5/c1-6-14(31-5)16(28(4)15(29)9-24-20)17(30)18(11(2)25-21)33-19-13(26-22)8-7-12(32-19)10-27(3)23/h11-14,16-19,24-26,30H,6-10H2,1-5H3/t11?,12?,13-,14?,16?,17?,18?,19?/m0/s1. The monoisotopic (exact) mass is 491 g/mol. The number of rotatable bonds is 15. The molecule has 1 aliphatic rings. The number of aliphatic hydroxyl groups is 1. The molecule has 4 N–H and O–H groups in total. The Kier molecular flexibility index (Phi) is 13.6. The molecule has 1 saturated heterocycles. The van der Waals surface area contributed by atoms with Crippen LogP contribution in [0.25, 0.3) is 0 Å². The van der Waals surface area contributed by atoms with Crippen molar-refractivity contribution in [2.45, 2.75) is 81.9 Å². The van der Waals surface area contributed by atoms with Crippen LogP contribution in [0, 0.1) is 0 Å². The number of ether oxygens (including phenoxy) is 3. The predicted octanol–water partition coefficient (Wildman–Crippen LogP) is 0.485. The molecule has 1 rings (SSSR count). The lowest BCUT2D eigenvalue weighted by Crippen LogP contribution is -2.61. The molecule has 0 spiro atoms. The summed E-state index contributed by atoms with van der Waals surface area (Å²) in [7, 11) is 3.92. The van der Waals surface area contributed by atoms with Crippen molar-refractivity contribution >= 4 is 5.91 Å². The van der Waals surface area contributed by atoms with E-state index in [-0.39, 0.29) is 13.0 Å². The van der Waals surface area contributed by atoms with E-state index in [0.29, 0.717) is 18.0 Å². The molecule has 0 aromatic carbocycles. The molecule has 0 saturated carbocycles. The summed E-state index contributed by atoms with van der Waals surface area (Å²) in [6.07, 6.45) is -4.63. The summed E-state index contributed by atoms with van der Waals surface area (Å²) in [6.45, 7) is 2.37. The zero-order valence-electron chi connectivity index (χ0n) is 19.6. The van der Waals surface area contributed by atoms with Crippen molar-refractivity contribution in [1.29, 1.82) is 0 Å². The summed E-state index contributed by atoms with van der Waals surface area (Å²) < 4.78 is 69.6. The molecule has 0 aliphatic carbocycles. The molecule has 10 nitrogen and oxygen atoms in total. The lowest BCUT2D eigenvalue weighted by Gasteiger charge is -2.43. The van der Waals surface area contributed by atoms with Gasteiger partial charge in [0, 0.05) is 21.2 Å². The van der Waals surface area contributed by atoms with Gasteiger partial charge in [0.2, 0.25) is 5.91 Å². The number of carbonyl (C=O) groups excluding carboxylic acids is 1. The minimum Gasteiger partial charge on any atom is -0.388 e. The number of halogens is 4. The minimum atomic E-state index is -1.56. The largest absolute Gasteiger partial charge is 0.388 e. The summed E-state index contributed by atoms with van der Waals surface area (Å²) in [6, 6.07) is -3.16. The van der Waals surface area contributed by atoms with Crippen LogP contribution in [0.3, 0.4) is 0 Å². The van der Waals surface area contributed by atoms with Gasteiger partial charge in [-0.15, -0.1) is 28.6 Å². The van der Waals surface area contributed by atoms with Crippen molar-refractivity contribution < 1.29 is 42.0 Å². The third kappa shape index (κ3) is 8.55. The van der Waals surface area contributed by atoms with E-state index in [9.17, 15) is 27.8 Å². The van der Waals surface area contributed by atoms with Gasteiger partial charge < -0.3 is 24.2 Å². The Hall–Kier alpha value is -1.13. The highest BCUT2D eigenvalue weighted by molar-refractivity contribution is 5.78.